The number of aromatic hydroxyl groups is 1. The van der Waals surface area contributed by atoms with Gasteiger partial charge in [-0.2, -0.15) is 16.1 Å². The molecule has 0 radical (unpaired) electrons. The van der Waals surface area contributed by atoms with Crippen molar-refractivity contribution >= 4 is 39.0 Å². The molecule has 26 heavy (non-hydrogen) atoms. The van der Waals surface area contributed by atoms with Crippen LogP contribution < -0.4 is 10.7 Å². The highest BCUT2D eigenvalue weighted by Gasteiger charge is 2.31. The lowest BCUT2D eigenvalue weighted by Gasteiger charge is -2.25. The first kappa shape index (κ1) is 19.0. The fraction of sp³-hybridized carbons (Fsp3) is 0.333. The fourth-order valence-corrected chi connectivity index (χ4v) is 6.27. The van der Waals surface area contributed by atoms with Crippen molar-refractivity contribution in [3.63, 3.8) is 0 Å². The summed E-state index contributed by atoms with van der Waals surface area (Å²) in [7, 11) is -3.73. The monoisotopic (exact) mass is 416 g/mol. The molecule has 0 saturated carbocycles. The molecule has 140 valence electrons. The van der Waals surface area contributed by atoms with Crippen molar-refractivity contribution in [2.45, 2.75) is 11.4 Å². The lowest BCUT2D eigenvalue weighted by Crippen LogP contribution is -2.38. The van der Waals surface area contributed by atoms with Crippen molar-refractivity contribution in [3.05, 3.63) is 44.6 Å². The number of carbonyl (C=O) groups is 1. The number of rotatable bonds is 5. The third kappa shape index (κ3) is 3.95. The Hall–Kier alpha value is -1.82. The minimum atomic E-state index is -3.73. The van der Waals surface area contributed by atoms with E-state index in [1.165, 1.54) is 10.4 Å². The minimum Gasteiger partial charge on any atom is -0.502 e. The molecule has 0 aliphatic carbocycles. The van der Waals surface area contributed by atoms with Gasteiger partial charge in [0, 0.05) is 30.7 Å². The average Bonchev–Trinajstić information content (AvgIpc) is 3.14. The number of sulfonamides is 1. The topological polar surface area (TPSA) is 117 Å². The smallest absolute Gasteiger partial charge is 0.263 e. The van der Waals surface area contributed by atoms with E-state index in [2.05, 4.69) is 5.32 Å². The normalized spacial score (nSPS) is 15.7. The zero-order chi connectivity index (χ0) is 18.7. The number of hydrogen-bond acceptors (Lipinski definition) is 8. The molecule has 2 aromatic heterocycles. The lowest BCUT2D eigenvalue weighted by atomic mass is 10.3. The van der Waals surface area contributed by atoms with E-state index in [1.807, 2.05) is 0 Å². The summed E-state index contributed by atoms with van der Waals surface area (Å²) in [6.45, 7) is 0.733. The number of thiophene rings is 1. The van der Waals surface area contributed by atoms with Gasteiger partial charge < -0.3 is 14.8 Å². The maximum Gasteiger partial charge on any atom is 0.263 e. The number of hydrogen-bond donors (Lipinski definition) is 2. The maximum atomic E-state index is 12.8. The quantitative estimate of drug-likeness (QED) is 0.749. The Morgan fingerprint density at radius 2 is 2.08 bits per heavy atom. The molecular weight excluding hydrogens is 400 g/mol. The highest BCUT2D eigenvalue weighted by molar-refractivity contribution is 7.99. The first-order valence-electron chi connectivity index (χ1n) is 7.64. The molecule has 1 saturated heterocycles. The summed E-state index contributed by atoms with van der Waals surface area (Å²) in [5.41, 5.74) is -0.622. The molecule has 0 aromatic carbocycles. The second-order valence-electron chi connectivity index (χ2n) is 5.41. The van der Waals surface area contributed by atoms with Crippen LogP contribution in [0.25, 0.3) is 0 Å². The van der Waals surface area contributed by atoms with Crippen LogP contribution in [-0.4, -0.2) is 48.3 Å². The van der Waals surface area contributed by atoms with Crippen LogP contribution in [0.1, 0.15) is 15.4 Å². The van der Waals surface area contributed by atoms with Gasteiger partial charge in [0.2, 0.25) is 15.5 Å². The summed E-state index contributed by atoms with van der Waals surface area (Å²) in [5, 5.41) is 13.2. The highest BCUT2D eigenvalue weighted by Crippen LogP contribution is 2.27. The van der Waals surface area contributed by atoms with Gasteiger partial charge in [0.25, 0.3) is 5.91 Å². The number of carbonyl (C=O) groups excluding carboxylic acids is 1. The Balaban J connectivity index is 1.75. The summed E-state index contributed by atoms with van der Waals surface area (Å²) < 4.78 is 32.0. The molecule has 8 nitrogen and oxygen atoms in total. The summed E-state index contributed by atoms with van der Waals surface area (Å²) in [6, 6.07) is 2.49. The zero-order valence-electron chi connectivity index (χ0n) is 13.5. The molecule has 3 rings (SSSR count). The van der Waals surface area contributed by atoms with Gasteiger partial charge in [-0.15, -0.1) is 11.3 Å². The Morgan fingerprint density at radius 1 is 1.35 bits per heavy atom. The fourth-order valence-electron chi connectivity index (χ4n) is 2.38. The number of amides is 1. The van der Waals surface area contributed by atoms with Crippen LogP contribution in [0.3, 0.4) is 0 Å². The molecule has 1 fully saturated rings. The van der Waals surface area contributed by atoms with E-state index in [-0.39, 0.29) is 22.1 Å². The predicted molar refractivity (Wildman–Crippen MR) is 98.2 cm³/mol. The van der Waals surface area contributed by atoms with Crippen molar-refractivity contribution in [1.29, 1.82) is 0 Å². The van der Waals surface area contributed by atoms with E-state index in [0.29, 0.717) is 13.1 Å². The molecule has 11 heteroatoms. The van der Waals surface area contributed by atoms with Gasteiger partial charge in [0.15, 0.2) is 5.75 Å². The minimum absolute atomic E-state index is 0.0148. The molecule has 1 amide bonds. The molecule has 0 bridgehead atoms. The second-order valence-corrected chi connectivity index (χ2v) is 9.46. The summed E-state index contributed by atoms with van der Waals surface area (Å²) >= 11 is 2.73. The van der Waals surface area contributed by atoms with Gasteiger partial charge in [-0.3, -0.25) is 9.59 Å². The largest absolute Gasteiger partial charge is 0.502 e. The second kappa shape index (κ2) is 7.82. The van der Waals surface area contributed by atoms with Gasteiger partial charge >= 0.3 is 0 Å². The first-order chi connectivity index (χ1) is 12.4. The Morgan fingerprint density at radius 3 is 2.77 bits per heavy atom. The van der Waals surface area contributed by atoms with E-state index in [9.17, 15) is 18.0 Å². The molecule has 2 aromatic rings. The lowest BCUT2D eigenvalue weighted by molar-refractivity contribution is 0.0948. The van der Waals surface area contributed by atoms with Crippen LogP contribution in [0.2, 0.25) is 0 Å². The van der Waals surface area contributed by atoms with Gasteiger partial charge in [0.05, 0.1) is 6.54 Å². The first-order valence-corrected chi connectivity index (χ1v) is 11.1. The van der Waals surface area contributed by atoms with E-state index in [0.717, 1.165) is 35.2 Å². The Kier molecular flexibility index (Phi) is 5.70. The third-order valence-corrected chi connectivity index (χ3v) is 7.64. The van der Waals surface area contributed by atoms with E-state index < -0.39 is 27.1 Å². The summed E-state index contributed by atoms with van der Waals surface area (Å²) in [6.07, 6.45) is 0.888. The van der Waals surface area contributed by atoms with Crippen LogP contribution in [-0.2, 0) is 16.6 Å². The highest BCUT2D eigenvalue weighted by atomic mass is 32.2. The number of nitrogens with zero attached hydrogens (tertiary/aromatic N) is 1. The standard InChI is InChI=1S/C15H16N2O6S3/c18-11-7-10(23-9-12(11)19)8-16-15(20)14-13(1-4-25-14)26(21,22)17-2-5-24-6-3-17/h1,4,7,9,19H,2-3,5-6,8H2,(H,16,20). The van der Waals surface area contributed by atoms with Crippen LogP contribution in [0, 0.1) is 0 Å². The predicted octanol–water partition coefficient (Wildman–Crippen LogP) is 1.07. The molecule has 0 spiro atoms. The van der Waals surface area contributed by atoms with Crippen molar-refractivity contribution < 1.29 is 22.7 Å². The number of nitrogens with one attached hydrogen (secondary N) is 1. The van der Waals surface area contributed by atoms with E-state index in [1.54, 1.807) is 17.1 Å². The van der Waals surface area contributed by atoms with Crippen LogP contribution in [0.15, 0.2) is 37.9 Å². The third-order valence-electron chi connectivity index (χ3n) is 3.71. The van der Waals surface area contributed by atoms with Crippen LogP contribution in [0.5, 0.6) is 5.75 Å². The Labute approximate surface area is 157 Å². The van der Waals surface area contributed by atoms with Gasteiger partial charge in [-0.1, -0.05) is 0 Å². The SMILES string of the molecule is O=C(NCc1cc(=O)c(O)co1)c1sccc1S(=O)(=O)N1CCSCC1. The maximum absolute atomic E-state index is 12.8. The molecule has 2 N–H and O–H groups in total. The van der Waals surface area contributed by atoms with E-state index in [4.69, 9.17) is 9.52 Å². The van der Waals surface area contributed by atoms with Gasteiger partial charge in [0.1, 0.15) is 21.8 Å². The van der Waals surface area contributed by atoms with Gasteiger partial charge in [-0.25, -0.2) is 8.42 Å². The molecule has 3 heterocycles. The number of thioether (sulfide) groups is 1. The summed E-state index contributed by atoms with van der Waals surface area (Å²) in [5.74, 6) is 0.512. The molecule has 1 aliphatic rings. The molecule has 0 atom stereocenters. The zero-order valence-corrected chi connectivity index (χ0v) is 16.0. The average molecular weight is 417 g/mol. The molecule has 0 unspecified atom stereocenters. The van der Waals surface area contributed by atoms with Crippen LogP contribution >= 0.6 is 23.1 Å². The summed E-state index contributed by atoms with van der Waals surface area (Å²) in [4.78, 5) is 23.9. The van der Waals surface area contributed by atoms with Crippen LogP contribution in [0.4, 0.5) is 0 Å². The Bertz CT molecular complexity index is 960. The van der Waals surface area contributed by atoms with Gasteiger partial charge in [-0.05, 0) is 11.4 Å². The van der Waals surface area contributed by atoms with Crippen molar-refractivity contribution in [3.8, 4) is 5.75 Å². The van der Waals surface area contributed by atoms with Crippen molar-refractivity contribution in [2.24, 2.45) is 0 Å². The van der Waals surface area contributed by atoms with Crippen molar-refractivity contribution in [1.82, 2.24) is 9.62 Å². The molecular formula is C15H16N2O6S3. The van der Waals surface area contributed by atoms with Crippen molar-refractivity contribution in [2.75, 3.05) is 24.6 Å². The molecule has 1 aliphatic heterocycles. The van der Waals surface area contributed by atoms with E-state index >= 15 is 0 Å².